The maximum absolute atomic E-state index is 13.5. The molecule has 17 heavy (non-hydrogen) atoms. The molecule has 3 nitrogen and oxygen atoms in total. The third kappa shape index (κ3) is 2.02. The molecular weight excluding hydrogens is 221 g/mol. The van der Waals surface area contributed by atoms with E-state index >= 15 is 0 Å². The number of hydrogen-bond donors (Lipinski definition) is 2. The quantitative estimate of drug-likeness (QED) is 0.843. The molecule has 0 radical (unpaired) electrons. The van der Waals surface area contributed by atoms with Gasteiger partial charge in [-0.25, -0.2) is 9.18 Å². The van der Waals surface area contributed by atoms with Crippen LogP contribution in [0.15, 0.2) is 24.8 Å². The van der Waals surface area contributed by atoms with Gasteiger partial charge in [-0.15, -0.1) is 0 Å². The van der Waals surface area contributed by atoms with Crippen LogP contribution >= 0.6 is 0 Å². The topological polar surface area (TPSA) is 49.3 Å². The second-order valence-corrected chi connectivity index (χ2v) is 4.31. The Kier molecular flexibility index (Phi) is 2.88. The van der Waals surface area contributed by atoms with Gasteiger partial charge in [-0.05, 0) is 31.4 Å². The zero-order valence-corrected chi connectivity index (χ0v) is 9.37. The molecule has 0 atom stereocenters. The average Bonchev–Trinajstić information content (AvgIpc) is 2.23. The van der Waals surface area contributed by atoms with Gasteiger partial charge in [-0.3, -0.25) is 0 Å². The summed E-state index contributed by atoms with van der Waals surface area (Å²) in [6.07, 6.45) is 3.46. The molecule has 1 aromatic carbocycles. The van der Waals surface area contributed by atoms with Gasteiger partial charge in [-0.1, -0.05) is 18.7 Å². The van der Waals surface area contributed by atoms with Crippen molar-refractivity contribution in [3.8, 4) is 0 Å². The first-order valence-electron chi connectivity index (χ1n) is 5.51. The lowest BCUT2D eigenvalue weighted by atomic mass is 9.76. The first-order valence-corrected chi connectivity index (χ1v) is 5.51. The van der Waals surface area contributed by atoms with Gasteiger partial charge in [0, 0.05) is 11.3 Å². The molecule has 0 amide bonds. The summed E-state index contributed by atoms with van der Waals surface area (Å²) < 4.78 is 13.5. The summed E-state index contributed by atoms with van der Waals surface area (Å²) in [6, 6.07) is 4.56. The fourth-order valence-electron chi connectivity index (χ4n) is 1.97. The van der Waals surface area contributed by atoms with Gasteiger partial charge in [0.25, 0.3) is 0 Å². The molecule has 1 aliphatic carbocycles. The fraction of sp³-hybridized carbons (Fsp3) is 0.308. The molecular formula is C13H14FNO2. The Morgan fingerprint density at radius 1 is 1.53 bits per heavy atom. The Hall–Kier alpha value is -1.84. The first-order chi connectivity index (χ1) is 8.07. The third-order valence-corrected chi connectivity index (χ3v) is 3.22. The second kappa shape index (κ2) is 4.20. The number of carboxylic acid groups (broad SMARTS) is 1. The molecule has 0 aromatic heterocycles. The van der Waals surface area contributed by atoms with Gasteiger partial charge in [0.2, 0.25) is 0 Å². The molecule has 0 unspecified atom stereocenters. The summed E-state index contributed by atoms with van der Waals surface area (Å²) in [5.74, 6) is -1.28. The van der Waals surface area contributed by atoms with Crippen molar-refractivity contribution in [1.29, 1.82) is 0 Å². The minimum Gasteiger partial charge on any atom is -0.480 e. The number of rotatable bonds is 4. The molecule has 90 valence electrons. The van der Waals surface area contributed by atoms with Crippen LogP contribution < -0.4 is 5.32 Å². The summed E-state index contributed by atoms with van der Waals surface area (Å²) in [5, 5.41) is 12.1. The summed E-state index contributed by atoms with van der Waals surface area (Å²) in [7, 11) is 0. The van der Waals surface area contributed by atoms with Crippen molar-refractivity contribution in [3.05, 3.63) is 36.2 Å². The SMILES string of the molecule is C=Cc1ccc(NC2(C(=O)O)CCC2)cc1F. The number of nitrogens with one attached hydrogen (secondary N) is 1. The van der Waals surface area contributed by atoms with E-state index in [9.17, 15) is 9.18 Å². The van der Waals surface area contributed by atoms with Crippen molar-refractivity contribution in [2.24, 2.45) is 0 Å². The normalized spacial score (nSPS) is 17.0. The summed E-state index contributed by atoms with van der Waals surface area (Å²) in [4.78, 5) is 11.1. The number of benzene rings is 1. The zero-order chi connectivity index (χ0) is 12.5. The second-order valence-electron chi connectivity index (χ2n) is 4.31. The number of carboxylic acids is 1. The number of halogens is 1. The Bertz CT molecular complexity index is 466. The highest BCUT2D eigenvalue weighted by Crippen LogP contribution is 2.35. The Balaban J connectivity index is 2.21. The number of carbonyl (C=O) groups is 1. The predicted octanol–water partition coefficient (Wildman–Crippen LogP) is 2.89. The number of aliphatic carboxylic acids is 1. The summed E-state index contributed by atoms with van der Waals surface area (Å²) in [6.45, 7) is 3.50. The van der Waals surface area contributed by atoms with Crippen LogP contribution in [-0.4, -0.2) is 16.6 Å². The van der Waals surface area contributed by atoms with E-state index in [4.69, 9.17) is 5.11 Å². The molecule has 0 saturated heterocycles. The fourth-order valence-corrected chi connectivity index (χ4v) is 1.97. The van der Waals surface area contributed by atoms with Crippen LogP contribution in [0, 0.1) is 5.82 Å². The highest BCUT2D eigenvalue weighted by atomic mass is 19.1. The minimum absolute atomic E-state index is 0.398. The maximum Gasteiger partial charge on any atom is 0.329 e. The van der Waals surface area contributed by atoms with E-state index in [0.717, 1.165) is 6.42 Å². The zero-order valence-electron chi connectivity index (χ0n) is 9.37. The average molecular weight is 235 g/mol. The van der Waals surface area contributed by atoms with E-state index in [0.29, 0.717) is 24.1 Å². The van der Waals surface area contributed by atoms with Crippen molar-refractivity contribution in [2.45, 2.75) is 24.8 Å². The van der Waals surface area contributed by atoms with Crippen molar-refractivity contribution in [3.63, 3.8) is 0 Å². The molecule has 0 aliphatic heterocycles. The van der Waals surface area contributed by atoms with E-state index in [1.807, 2.05) is 0 Å². The summed E-state index contributed by atoms with van der Waals surface area (Å²) in [5.41, 5.74) is -0.00831. The van der Waals surface area contributed by atoms with Gasteiger partial charge >= 0.3 is 5.97 Å². The monoisotopic (exact) mass is 235 g/mol. The van der Waals surface area contributed by atoms with E-state index in [1.165, 1.54) is 12.1 Å². The van der Waals surface area contributed by atoms with Crippen LogP contribution in [-0.2, 0) is 4.79 Å². The number of hydrogen-bond acceptors (Lipinski definition) is 2. The first kappa shape index (κ1) is 11.6. The Morgan fingerprint density at radius 2 is 2.24 bits per heavy atom. The van der Waals surface area contributed by atoms with Gasteiger partial charge in [-0.2, -0.15) is 0 Å². The van der Waals surface area contributed by atoms with Gasteiger partial charge in [0.05, 0.1) is 0 Å². The molecule has 2 rings (SSSR count). The molecule has 1 aromatic rings. The van der Waals surface area contributed by atoms with Gasteiger partial charge < -0.3 is 10.4 Å². The molecule has 0 heterocycles. The third-order valence-electron chi connectivity index (χ3n) is 3.22. The van der Waals surface area contributed by atoms with Crippen LogP contribution in [0.3, 0.4) is 0 Å². The highest BCUT2D eigenvalue weighted by Gasteiger charge is 2.44. The molecule has 1 saturated carbocycles. The van der Waals surface area contributed by atoms with Crippen LogP contribution in [0.25, 0.3) is 6.08 Å². The van der Waals surface area contributed by atoms with Crippen molar-refractivity contribution < 1.29 is 14.3 Å². The van der Waals surface area contributed by atoms with Crippen LogP contribution in [0.4, 0.5) is 10.1 Å². The highest BCUT2D eigenvalue weighted by molar-refractivity contribution is 5.84. The molecule has 1 fully saturated rings. The Labute approximate surface area is 99.0 Å². The lowest BCUT2D eigenvalue weighted by Gasteiger charge is -2.39. The van der Waals surface area contributed by atoms with Crippen LogP contribution in [0.5, 0.6) is 0 Å². The van der Waals surface area contributed by atoms with Crippen molar-refractivity contribution in [2.75, 3.05) is 5.32 Å². The Morgan fingerprint density at radius 3 is 2.65 bits per heavy atom. The molecule has 2 N–H and O–H groups in total. The van der Waals surface area contributed by atoms with E-state index in [-0.39, 0.29) is 0 Å². The van der Waals surface area contributed by atoms with Gasteiger partial charge in [0.15, 0.2) is 0 Å². The van der Waals surface area contributed by atoms with E-state index in [1.54, 1.807) is 12.1 Å². The molecule has 1 aliphatic rings. The van der Waals surface area contributed by atoms with Crippen molar-refractivity contribution in [1.82, 2.24) is 0 Å². The van der Waals surface area contributed by atoms with Crippen LogP contribution in [0.2, 0.25) is 0 Å². The van der Waals surface area contributed by atoms with E-state index < -0.39 is 17.3 Å². The molecule has 0 spiro atoms. The van der Waals surface area contributed by atoms with Gasteiger partial charge in [0.1, 0.15) is 11.4 Å². The lowest BCUT2D eigenvalue weighted by Crippen LogP contribution is -2.52. The largest absolute Gasteiger partial charge is 0.480 e. The predicted molar refractivity (Wildman–Crippen MR) is 64.3 cm³/mol. The molecule has 0 bridgehead atoms. The maximum atomic E-state index is 13.5. The van der Waals surface area contributed by atoms with E-state index in [2.05, 4.69) is 11.9 Å². The molecule has 4 heteroatoms. The van der Waals surface area contributed by atoms with Crippen LogP contribution in [0.1, 0.15) is 24.8 Å². The smallest absolute Gasteiger partial charge is 0.329 e. The minimum atomic E-state index is -0.915. The van der Waals surface area contributed by atoms with Crippen molar-refractivity contribution >= 4 is 17.7 Å². The standard InChI is InChI=1S/C13H14FNO2/c1-2-9-4-5-10(8-11(9)14)15-13(12(16)17)6-3-7-13/h2,4-5,8,15H,1,3,6-7H2,(H,16,17). The lowest BCUT2D eigenvalue weighted by molar-refractivity contribution is -0.145. The summed E-state index contributed by atoms with van der Waals surface area (Å²) >= 11 is 0. The number of anilines is 1.